The van der Waals surface area contributed by atoms with Gasteiger partial charge in [0.2, 0.25) is 0 Å². The van der Waals surface area contributed by atoms with E-state index >= 15 is 0 Å². The number of ether oxygens (including phenoxy) is 1. The molecule has 118 valence electrons. The summed E-state index contributed by atoms with van der Waals surface area (Å²) >= 11 is 0. The number of hydrogen-bond donors (Lipinski definition) is 0. The van der Waals surface area contributed by atoms with E-state index < -0.39 is 5.97 Å². The van der Waals surface area contributed by atoms with Crippen LogP contribution in [-0.2, 0) is 11.3 Å². The zero-order valence-corrected chi connectivity index (χ0v) is 13.0. The van der Waals surface area contributed by atoms with Gasteiger partial charge < -0.3 is 9.26 Å². The molecule has 0 amide bonds. The molecule has 0 radical (unpaired) electrons. The molecule has 1 aromatic heterocycles. The van der Waals surface area contributed by atoms with Crippen molar-refractivity contribution in [1.82, 2.24) is 5.16 Å². The molecule has 0 aliphatic rings. The standard InChI is InChI=1S/C19H14N2O3/c1-13-10-15(21-24-13)12-23-19(22)18-9-5-4-8-17(18)16-7-3-2-6-14(16)11-20/h2-10H,12H2,1H3. The van der Waals surface area contributed by atoms with Crippen LogP contribution in [0.25, 0.3) is 11.1 Å². The highest BCUT2D eigenvalue weighted by Crippen LogP contribution is 2.27. The van der Waals surface area contributed by atoms with Gasteiger partial charge in [0.15, 0.2) is 0 Å². The molecule has 0 fully saturated rings. The minimum absolute atomic E-state index is 0.0321. The highest BCUT2D eigenvalue weighted by atomic mass is 16.5. The fourth-order valence-electron chi connectivity index (χ4n) is 2.41. The molecule has 0 aliphatic heterocycles. The Kier molecular flexibility index (Phi) is 4.39. The van der Waals surface area contributed by atoms with E-state index in [1.807, 2.05) is 18.2 Å². The Morgan fingerprint density at radius 2 is 1.88 bits per heavy atom. The van der Waals surface area contributed by atoms with Gasteiger partial charge in [0.05, 0.1) is 17.2 Å². The van der Waals surface area contributed by atoms with Crippen LogP contribution < -0.4 is 0 Å². The average molecular weight is 318 g/mol. The van der Waals surface area contributed by atoms with Crippen molar-refractivity contribution < 1.29 is 14.1 Å². The molecule has 0 saturated heterocycles. The van der Waals surface area contributed by atoms with Crippen LogP contribution in [0.1, 0.15) is 27.4 Å². The van der Waals surface area contributed by atoms with Gasteiger partial charge >= 0.3 is 5.97 Å². The van der Waals surface area contributed by atoms with Crippen LogP contribution in [0.2, 0.25) is 0 Å². The molecule has 0 N–H and O–H groups in total. The molecule has 0 unspecified atom stereocenters. The van der Waals surface area contributed by atoms with Crippen LogP contribution in [0.4, 0.5) is 0 Å². The van der Waals surface area contributed by atoms with Gasteiger partial charge in [-0.15, -0.1) is 0 Å². The molecule has 24 heavy (non-hydrogen) atoms. The minimum atomic E-state index is -0.473. The lowest BCUT2D eigenvalue weighted by atomic mass is 9.96. The maximum absolute atomic E-state index is 12.5. The first-order valence-electron chi connectivity index (χ1n) is 7.37. The van der Waals surface area contributed by atoms with E-state index in [0.717, 1.165) is 0 Å². The highest BCUT2D eigenvalue weighted by molar-refractivity contribution is 5.98. The summed E-state index contributed by atoms with van der Waals surface area (Å²) < 4.78 is 10.3. The van der Waals surface area contributed by atoms with Crippen LogP contribution in [0.3, 0.4) is 0 Å². The number of nitriles is 1. The van der Waals surface area contributed by atoms with Crippen molar-refractivity contribution in [3.8, 4) is 17.2 Å². The summed E-state index contributed by atoms with van der Waals surface area (Å²) in [6.45, 7) is 1.80. The number of nitrogens with zero attached hydrogens (tertiary/aromatic N) is 2. The molecule has 5 nitrogen and oxygen atoms in total. The molecular formula is C19H14N2O3. The van der Waals surface area contributed by atoms with E-state index in [4.69, 9.17) is 9.26 Å². The zero-order valence-electron chi connectivity index (χ0n) is 13.0. The third kappa shape index (κ3) is 3.18. The summed E-state index contributed by atoms with van der Waals surface area (Å²) in [5.41, 5.74) is 2.82. The van der Waals surface area contributed by atoms with Crippen molar-refractivity contribution in [1.29, 1.82) is 5.26 Å². The van der Waals surface area contributed by atoms with Gasteiger partial charge in [-0.05, 0) is 24.6 Å². The van der Waals surface area contributed by atoms with E-state index in [1.54, 1.807) is 43.3 Å². The van der Waals surface area contributed by atoms with Crippen molar-refractivity contribution in [2.45, 2.75) is 13.5 Å². The Labute approximate surface area is 139 Å². The molecule has 3 rings (SSSR count). The van der Waals surface area contributed by atoms with Gasteiger partial charge in [0.25, 0.3) is 0 Å². The monoisotopic (exact) mass is 318 g/mol. The van der Waals surface area contributed by atoms with E-state index in [9.17, 15) is 10.1 Å². The van der Waals surface area contributed by atoms with Gasteiger partial charge in [-0.25, -0.2) is 4.79 Å². The third-order valence-electron chi connectivity index (χ3n) is 3.51. The number of aryl methyl sites for hydroxylation is 1. The van der Waals surface area contributed by atoms with E-state index in [-0.39, 0.29) is 6.61 Å². The quantitative estimate of drug-likeness (QED) is 0.682. The lowest BCUT2D eigenvalue weighted by Crippen LogP contribution is -2.07. The smallest absolute Gasteiger partial charge is 0.339 e. The molecule has 1 heterocycles. The molecule has 0 saturated carbocycles. The Morgan fingerprint density at radius 3 is 2.58 bits per heavy atom. The predicted octanol–water partition coefficient (Wildman–Crippen LogP) is 3.88. The third-order valence-corrected chi connectivity index (χ3v) is 3.51. The largest absolute Gasteiger partial charge is 0.455 e. The van der Waals surface area contributed by atoms with E-state index in [0.29, 0.717) is 33.7 Å². The van der Waals surface area contributed by atoms with Crippen LogP contribution in [0.5, 0.6) is 0 Å². The number of carbonyl (C=O) groups is 1. The molecule has 3 aromatic rings. The predicted molar refractivity (Wildman–Crippen MR) is 87.0 cm³/mol. The van der Waals surface area contributed by atoms with Crippen LogP contribution in [0, 0.1) is 18.3 Å². The van der Waals surface area contributed by atoms with Crippen molar-refractivity contribution in [3.63, 3.8) is 0 Å². The number of carbonyl (C=O) groups excluding carboxylic acids is 1. The second-order valence-electron chi connectivity index (χ2n) is 5.21. The van der Waals surface area contributed by atoms with Gasteiger partial charge in [-0.3, -0.25) is 0 Å². The van der Waals surface area contributed by atoms with Crippen molar-refractivity contribution >= 4 is 5.97 Å². The molecular weight excluding hydrogens is 304 g/mol. The lowest BCUT2D eigenvalue weighted by molar-refractivity contribution is 0.0465. The van der Waals surface area contributed by atoms with E-state index in [1.165, 1.54) is 0 Å². The summed E-state index contributed by atoms with van der Waals surface area (Å²) in [6, 6.07) is 18.1. The maximum Gasteiger partial charge on any atom is 0.339 e. The van der Waals surface area contributed by atoms with E-state index in [2.05, 4.69) is 11.2 Å². The summed E-state index contributed by atoms with van der Waals surface area (Å²) in [6.07, 6.45) is 0. The Morgan fingerprint density at radius 1 is 1.17 bits per heavy atom. The number of rotatable bonds is 4. The van der Waals surface area contributed by atoms with Crippen molar-refractivity contribution in [2.75, 3.05) is 0 Å². The molecule has 0 atom stereocenters. The minimum Gasteiger partial charge on any atom is -0.455 e. The topological polar surface area (TPSA) is 76.1 Å². The molecule has 5 heteroatoms. The lowest BCUT2D eigenvalue weighted by Gasteiger charge is -2.10. The first-order valence-corrected chi connectivity index (χ1v) is 7.37. The van der Waals surface area contributed by atoms with Crippen LogP contribution >= 0.6 is 0 Å². The second kappa shape index (κ2) is 6.80. The van der Waals surface area contributed by atoms with Crippen LogP contribution in [-0.4, -0.2) is 11.1 Å². The Balaban J connectivity index is 1.89. The number of benzene rings is 2. The fourth-order valence-corrected chi connectivity index (χ4v) is 2.41. The summed E-state index contributed by atoms with van der Waals surface area (Å²) in [5.74, 6) is 0.184. The SMILES string of the molecule is Cc1cc(COC(=O)c2ccccc2-c2ccccc2C#N)no1. The zero-order chi connectivity index (χ0) is 16.9. The first-order chi connectivity index (χ1) is 11.7. The number of aromatic nitrogens is 1. The average Bonchev–Trinajstić information content (AvgIpc) is 3.05. The van der Waals surface area contributed by atoms with Gasteiger partial charge in [0, 0.05) is 11.6 Å². The molecule has 0 spiro atoms. The number of hydrogen-bond acceptors (Lipinski definition) is 5. The summed E-state index contributed by atoms with van der Waals surface area (Å²) in [4.78, 5) is 12.5. The summed E-state index contributed by atoms with van der Waals surface area (Å²) in [5, 5.41) is 13.1. The number of esters is 1. The van der Waals surface area contributed by atoms with Crippen molar-refractivity contribution in [2.24, 2.45) is 0 Å². The summed E-state index contributed by atoms with van der Waals surface area (Å²) in [7, 11) is 0. The second-order valence-corrected chi connectivity index (χ2v) is 5.21. The van der Waals surface area contributed by atoms with Crippen LogP contribution in [0.15, 0.2) is 59.1 Å². The highest BCUT2D eigenvalue weighted by Gasteiger charge is 2.16. The van der Waals surface area contributed by atoms with Gasteiger partial charge in [-0.1, -0.05) is 41.6 Å². The molecule has 0 aliphatic carbocycles. The normalized spacial score (nSPS) is 10.2. The maximum atomic E-state index is 12.5. The fraction of sp³-hybridized carbons (Fsp3) is 0.105. The van der Waals surface area contributed by atoms with Crippen molar-refractivity contribution in [3.05, 3.63) is 77.2 Å². The van der Waals surface area contributed by atoms with Gasteiger partial charge in [-0.2, -0.15) is 5.26 Å². The Hall–Kier alpha value is -3.39. The van der Waals surface area contributed by atoms with Gasteiger partial charge in [0.1, 0.15) is 18.1 Å². The molecule has 0 bridgehead atoms. The molecule has 2 aromatic carbocycles. The first kappa shape index (κ1) is 15.5. The Bertz CT molecular complexity index is 922.